The number of carbonyl (C=O) groups excluding carboxylic acids is 1. The number of isothiocyanates is 1. The van der Waals surface area contributed by atoms with Gasteiger partial charge in [-0.25, -0.2) is 4.99 Å². The molecule has 0 aliphatic carbocycles. The van der Waals surface area contributed by atoms with E-state index < -0.39 is 6.04 Å². The Hall–Kier alpha value is -0.730. The van der Waals surface area contributed by atoms with Crippen molar-refractivity contribution in [3.8, 4) is 0 Å². The Morgan fingerprint density at radius 3 is 2.15 bits per heavy atom. The van der Waals surface area contributed by atoms with Crippen LogP contribution >= 0.6 is 12.2 Å². The van der Waals surface area contributed by atoms with E-state index in [0.717, 1.165) is 0 Å². The number of amides is 1. The molecule has 4 heteroatoms. The van der Waals surface area contributed by atoms with Crippen molar-refractivity contribution in [2.24, 2.45) is 10.4 Å². The van der Waals surface area contributed by atoms with Crippen LogP contribution in [0.25, 0.3) is 0 Å². The average Bonchev–Trinajstić information content (AvgIpc) is 1.96. The first kappa shape index (κ1) is 12.3. The summed E-state index contributed by atoms with van der Waals surface area (Å²) < 4.78 is 0. The number of nitrogens with zero attached hydrogens (tertiary/aromatic N) is 2. The fourth-order valence-electron chi connectivity index (χ4n) is 0.917. The highest BCUT2D eigenvalue weighted by atomic mass is 32.1. The minimum absolute atomic E-state index is 0.0372. The lowest BCUT2D eigenvalue weighted by molar-refractivity contribution is -0.132. The molecule has 1 atom stereocenters. The van der Waals surface area contributed by atoms with Gasteiger partial charge in [0, 0.05) is 14.1 Å². The molecule has 0 saturated carbocycles. The van der Waals surface area contributed by atoms with Crippen molar-refractivity contribution in [2.45, 2.75) is 26.8 Å². The van der Waals surface area contributed by atoms with E-state index in [4.69, 9.17) is 0 Å². The van der Waals surface area contributed by atoms with Crippen LogP contribution in [0.3, 0.4) is 0 Å². The Labute approximate surface area is 84.8 Å². The zero-order valence-electron chi connectivity index (χ0n) is 8.79. The van der Waals surface area contributed by atoms with Gasteiger partial charge in [-0.2, -0.15) is 0 Å². The van der Waals surface area contributed by atoms with Crippen LogP contribution in [0.1, 0.15) is 20.8 Å². The summed E-state index contributed by atoms with van der Waals surface area (Å²) in [6.45, 7) is 5.86. The molecule has 0 aromatic heterocycles. The fraction of sp³-hybridized carbons (Fsp3) is 0.778. The molecule has 0 radical (unpaired) electrons. The third-order valence-electron chi connectivity index (χ3n) is 1.68. The summed E-state index contributed by atoms with van der Waals surface area (Å²) >= 11 is 4.52. The van der Waals surface area contributed by atoms with Crippen LogP contribution in [0.5, 0.6) is 0 Å². The van der Waals surface area contributed by atoms with Gasteiger partial charge in [-0.1, -0.05) is 20.8 Å². The highest BCUT2D eigenvalue weighted by Gasteiger charge is 2.31. The maximum Gasteiger partial charge on any atom is 0.248 e. The van der Waals surface area contributed by atoms with Gasteiger partial charge in [0.1, 0.15) is 6.04 Å². The maximum absolute atomic E-state index is 11.6. The molecule has 74 valence electrons. The number of hydrogen-bond donors (Lipinski definition) is 0. The molecule has 0 aromatic rings. The molecule has 0 rings (SSSR count). The molecule has 0 fully saturated rings. The van der Waals surface area contributed by atoms with Crippen molar-refractivity contribution in [2.75, 3.05) is 14.1 Å². The SMILES string of the molecule is CN(C)C(=O)[C@@H](N=C=S)C(C)(C)C. The second-order valence-electron chi connectivity index (χ2n) is 4.22. The molecular weight excluding hydrogens is 184 g/mol. The van der Waals surface area contributed by atoms with E-state index in [0.29, 0.717) is 0 Å². The summed E-state index contributed by atoms with van der Waals surface area (Å²) in [6, 6.07) is -0.431. The van der Waals surface area contributed by atoms with Crippen LogP contribution < -0.4 is 0 Å². The lowest BCUT2D eigenvalue weighted by atomic mass is 9.86. The van der Waals surface area contributed by atoms with Crippen LogP contribution in [0.15, 0.2) is 4.99 Å². The molecule has 1 amide bonds. The van der Waals surface area contributed by atoms with Crippen LogP contribution in [-0.2, 0) is 4.79 Å². The van der Waals surface area contributed by atoms with Crippen LogP contribution in [0.2, 0.25) is 0 Å². The Kier molecular flexibility index (Phi) is 4.24. The van der Waals surface area contributed by atoms with Crippen molar-refractivity contribution in [1.29, 1.82) is 0 Å². The Morgan fingerprint density at radius 2 is 1.92 bits per heavy atom. The third-order valence-corrected chi connectivity index (χ3v) is 1.78. The van der Waals surface area contributed by atoms with Crippen molar-refractivity contribution in [1.82, 2.24) is 4.90 Å². The number of thiocarbonyl (C=S) groups is 1. The number of hydrogen-bond acceptors (Lipinski definition) is 3. The van der Waals surface area contributed by atoms with Gasteiger partial charge < -0.3 is 4.90 Å². The van der Waals surface area contributed by atoms with E-state index >= 15 is 0 Å². The minimum atomic E-state index is -0.431. The van der Waals surface area contributed by atoms with Gasteiger partial charge in [-0.05, 0) is 17.6 Å². The van der Waals surface area contributed by atoms with Crippen molar-refractivity contribution in [3.63, 3.8) is 0 Å². The van der Waals surface area contributed by atoms with Crippen molar-refractivity contribution >= 4 is 23.3 Å². The number of likely N-dealkylation sites (N-methyl/N-ethyl adjacent to an activating group) is 1. The van der Waals surface area contributed by atoms with Crippen LogP contribution in [0, 0.1) is 5.41 Å². The molecule has 0 saturated heterocycles. The molecule has 0 aromatic carbocycles. The second-order valence-corrected chi connectivity index (χ2v) is 4.40. The van der Waals surface area contributed by atoms with E-state index in [1.807, 2.05) is 20.8 Å². The molecule has 0 spiro atoms. The Bertz CT molecular complexity index is 236. The van der Waals surface area contributed by atoms with Gasteiger partial charge in [-0.3, -0.25) is 4.79 Å². The highest BCUT2D eigenvalue weighted by Crippen LogP contribution is 2.23. The predicted octanol–water partition coefficient (Wildman–Crippen LogP) is 1.59. The van der Waals surface area contributed by atoms with Gasteiger partial charge in [0.15, 0.2) is 0 Å². The fourth-order valence-corrected chi connectivity index (χ4v) is 1.02. The molecule has 0 aliphatic heterocycles. The number of carbonyl (C=O) groups is 1. The van der Waals surface area contributed by atoms with E-state index in [1.165, 1.54) is 4.90 Å². The Balaban J connectivity index is 4.83. The molecule has 0 unspecified atom stereocenters. The second kappa shape index (κ2) is 4.49. The lowest BCUT2D eigenvalue weighted by Gasteiger charge is -2.27. The standard InChI is InChI=1S/C9H16N2OS/c1-9(2,3)7(10-6-13)8(12)11(4)5/h7H,1-5H3/t7-/m1/s1. The summed E-state index contributed by atoms with van der Waals surface area (Å²) in [5, 5.41) is 2.27. The third kappa shape index (κ3) is 3.66. The molecular formula is C9H16N2OS. The van der Waals surface area contributed by atoms with E-state index in [-0.39, 0.29) is 11.3 Å². The van der Waals surface area contributed by atoms with E-state index in [1.54, 1.807) is 14.1 Å². The molecule has 0 bridgehead atoms. The first-order valence-corrected chi connectivity index (χ1v) is 4.49. The zero-order chi connectivity index (χ0) is 10.6. The van der Waals surface area contributed by atoms with Gasteiger partial charge >= 0.3 is 0 Å². The smallest absolute Gasteiger partial charge is 0.248 e. The lowest BCUT2D eigenvalue weighted by Crippen LogP contribution is -2.40. The van der Waals surface area contributed by atoms with Crippen LogP contribution in [0.4, 0.5) is 0 Å². The summed E-state index contributed by atoms with van der Waals surface area (Å²) in [4.78, 5) is 17.0. The first-order chi connectivity index (χ1) is 5.80. The first-order valence-electron chi connectivity index (χ1n) is 4.09. The summed E-state index contributed by atoms with van der Waals surface area (Å²) in [7, 11) is 3.42. The zero-order valence-corrected chi connectivity index (χ0v) is 9.60. The molecule has 3 nitrogen and oxygen atoms in total. The quantitative estimate of drug-likeness (QED) is 0.501. The van der Waals surface area contributed by atoms with Gasteiger partial charge in [0.25, 0.3) is 0 Å². The maximum atomic E-state index is 11.6. The largest absolute Gasteiger partial charge is 0.347 e. The van der Waals surface area contributed by atoms with E-state index in [2.05, 4.69) is 22.4 Å². The highest BCUT2D eigenvalue weighted by molar-refractivity contribution is 7.78. The topological polar surface area (TPSA) is 32.7 Å². The normalized spacial score (nSPS) is 13.0. The summed E-state index contributed by atoms with van der Waals surface area (Å²) in [5.74, 6) is -0.0372. The molecule has 13 heavy (non-hydrogen) atoms. The van der Waals surface area contributed by atoms with Crippen molar-refractivity contribution < 1.29 is 4.79 Å². The van der Waals surface area contributed by atoms with Gasteiger partial charge in [0.2, 0.25) is 5.91 Å². The average molecular weight is 200 g/mol. The molecule has 0 N–H and O–H groups in total. The van der Waals surface area contributed by atoms with Crippen molar-refractivity contribution in [3.05, 3.63) is 0 Å². The number of aliphatic imine (C=N–C) groups is 1. The molecule has 0 heterocycles. The summed E-state index contributed by atoms with van der Waals surface area (Å²) in [6.07, 6.45) is 0. The predicted molar refractivity (Wildman–Crippen MR) is 57.0 cm³/mol. The monoisotopic (exact) mass is 200 g/mol. The van der Waals surface area contributed by atoms with Crippen LogP contribution in [-0.4, -0.2) is 36.1 Å². The van der Waals surface area contributed by atoms with Gasteiger partial charge in [-0.15, -0.1) is 0 Å². The Morgan fingerprint density at radius 1 is 1.46 bits per heavy atom. The van der Waals surface area contributed by atoms with E-state index in [9.17, 15) is 4.79 Å². The number of rotatable bonds is 2. The van der Waals surface area contributed by atoms with Gasteiger partial charge in [0.05, 0.1) is 5.16 Å². The summed E-state index contributed by atoms with van der Waals surface area (Å²) in [5.41, 5.74) is -0.215. The molecule has 0 aliphatic rings. The minimum Gasteiger partial charge on any atom is -0.347 e.